The SMILES string of the molecule is Cc1nc2cc(OC(=O)NC3CCCCC3)ccc2o1.Cc1nc2cc(OC(=O)NC3CCCCC3)ccc2s1.Cc1nc2cc(OC(=O)NCC3CCCCC3)ccc2o1.Cc1nc2cc(OC(=O)NCC3CCCCC3)ccc2s1. The van der Waals surface area contributed by atoms with E-state index in [0.29, 0.717) is 75.4 Å². The summed E-state index contributed by atoms with van der Waals surface area (Å²) in [6.45, 7) is 8.94. The molecule has 0 atom stereocenters. The molecule has 4 amide bonds. The summed E-state index contributed by atoms with van der Waals surface area (Å²) in [4.78, 5) is 64.6. The van der Waals surface area contributed by atoms with Gasteiger partial charge in [-0.25, -0.2) is 39.1 Å². The summed E-state index contributed by atoms with van der Waals surface area (Å²) in [5.41, 5.74) is 4.56. The first-order valence-electron chi connectivity index (χ1n) is 29.2. The number of fused-ring (bicyclic) bond motifs is 4. The number of nitrogens with one attached hydrogen (secondary N) is 4. The number of nitrogens with zero attached hydrogens (tertiary/aromatic N) is 4. The number of hydrogen-bond donors (Lipinski definition) is 4. The van der Waals surface area contributed by atoms with Crippen LogP contribution in [0.3, 0.4) is 0 Å². The number of carbonyl (C=O) groups excluding carboxylic acids is 4. The molecule has 82 heavy (non-hydrogen) atoms. The molecule has 4 heterocycles. The quantitative estimate of drug-likeness (QED) is 0.0998. The Morgan fingerprint density at radius 3 is 1.13 bits per heavy atom. The Labute approximate surface area is 486 Å². The lowest BCUT2D eigenvalue weighted by atomic mass is 9.89. The molecule has 4 aromatic carbocycles. The highest BCUT2D eigenvalue weighted by Gasteiger charge is 2.20. The van der Waals surface area contributed by atoms with E-state index >= 15 is 0 Å². The molecule has 0 radical (unpaired) electrons. The maximum atomic E-state index is 11.9. The smallest absolute Gasteiger partial charge is 0.412 e. The predicted molar refractivity (Wildman–Crippen MR) is 319 cm³/mol. The summed E-state index contributed by atoms with van der Waals surface area (Å²) in [6, 6.07) is 22.1. The number of rotatable bonds is 10. The fourth-order valence-electron chi connectivity index (χ4n) is 11.0. The van der Waals surface area contributed by atoms with E-state index in [1.807, 2.05) is 50.2 Å². The topological polar surface area (TPSA) is 231 Å². The van der Waals surface area contributed by atoms with Crippen LogP contribution in [0.4, 0.5) is 19.2 Å². The lowest BCUT2D eigenvalue weighted by Gasteiger charge is -2.22. The van der Waals surface area contributed by atoms with Crippen molar-refractivity contribution in [3.05, 3.63) is 94.6 Å². The summed E-state index contributed by atoms with van der Waals surface area (Å²) in [5.74, 6) is 4.47. The molecule has 4 aliphatic rings. The van der Waals surface area contributed by atoms with Crippen LogP contribution >= 0.6 is 22.7 Å². The largest absolute Gasteiger partial charge is 0.441 e. The summed E-state index contributed by atoms with van der Waals surface area (Å²) in [7, 11) is 0. The number of carbonyl (C=O) groups is 4. The van der Waals surface area contributed by atoms with Gasteiger partial charge in [0.1, 0.15) is 34.0 Å². The van der Waals surface area contributed by atoms with Crippen LogP contribution in [-0.2, 0) is 0 Å². The van der Waals surface area contributed by atoms with Crippen molar-refractivity contribution >= 4 is 89.7 Å². The highest BCUT2D eigenvalue weighted by Crippen LogP contribution is 2.30. The van der Waals surface area contributed by atoms with Crippen LogP contribution in [0.25, 0.3) is 42.6 Å². The van der Waals surface area contributed by atoms with Gasteiger partial charge in [0.15, 0.2) is 22.9 Å². The molecule has 20 heteroatoms. The Bertz CT molecular complexity index is 3160. The van der Waals surface area contributed by atoms with Crippen molar-refractivity contribution in [3.8, 4) is 23.0 Å². The van der Waals surface area contributed by atoms with E-state index in [4.69, 9.17) is 27.8 Å². The standard InChI is InChI=1S/C16H20N2O3.C16H20N2O2S.C15H18N2O3.C15H18N2O2S/c1-11-18-14-9-13(7-8-15(14)20-11)21-16(19)17-10-12-5-3-2-4-6-12;1-11-18-14-9-13(7-8-15(14)21-11)20-16(19)17-10-12-5-3-2-4-6-12;1-10-16-13-9-12(7-8-14(13)19-10)20-15(18)17-11-5-3-2-4-6-11;1-10-16-13-9-12(7-8-14(13)20-10)19-15(18)17-11-5-3-2-4-6-11/h2*7-9,12H,2-6,10H2,1H3,(H,17,19);2*7-9,11H,2-6H2,1H3,(H,17,18). The van der Waals surface area contributed by atoms with Crippen molar-refractivity contribution in [2.45, 2.75) is 168 Å². The molecule has 0 spiro atoms. The molecule has 4 saturated carbocycles. The number of aromatic nitrogens is 4. The zero-order valence-corrected chi connectivity index (χ0v) is 49.1. The molecule has 0 aliphatic heterocycles. The first-order valence-corrected chi connectivity index (χ1v) is 30.8. The van der Waals surface area contributed by atoms with Gasteiger partial charge in [0.05, 0.1) is 30.4 Å². The zero-order chi connectivity index (χ0) is 57.2. The van der Waals surface area contributed by atoms with Crippen LogP contribution < -0.4 is 40.2 Å². The molecule has 18 nitrogen and oxygen atoms in total. The summed E-state index contributed by atoms with van der Waals surface area (Å²) in [5, 5.41) is 13.6. The second-order valence-electron chi connectivity index (χ2n) is 21.7. The predicted octanol–water partition coefficient (Wildman–Crippen LogP) is 15.7. The van der Waals surface area contributed by atoms with E-state index < -0.39 is 12.2 Å². The Balaban J connectivity index is 0.000000132. The number of aryl methyl sites for hydroxylation is 4. The van der Waals surface area contributed by atoms with Crippen molar-refractivity contribution in [1.29, 1.82) is 0 Å². The van der Waals surface area contributed by atoms with Crippen molar-refractivity contribution in [3.63, 3.8) is 0 Å². The van der Waals surface area contributed by atoms with E-state index in [1.165, 1.54) is 103 Å². The van der Waals surface area contributed by atoms with Crippen LogP contribution in [0.15, 0.2) is 81.6 Å². The van der Waals surface area contributed by atoms with Crippen molar-refractivity contribution in [2.75, 3.05) is 13.1 Å². The number of oxazole rings is 2. The average Bonchev–Trinajstić information content (AvgIpc) is 4.33. The second-order valence-corrected chi connectivity index (χ2v) is 24.2. The van der Waals surface area contributed by atoms with Gasteiger partial charge in [-0.05, 0) is 126 Å². The third-order valence-electron chi connectivity index (χ3n) is 15.1. The second kappa shape index (κ2) is 29.6. The molecule has 0 unspecified atom stereocenters. The van der Waals surface area contributed by atoms with Gasteiger partial charge in [-0.3, -0.25) is 0 Å². The number of benzene rings is 4. The lowest BCUT2D eigenvalue weighted by Crippen LogP contribution is -2.37. The molecular weight excluding hydrogens is 1080 g/mol. The monoisotopic (exact) mass is 1160 g/mol. The van der Waals surface area contributed by atoms with Gasteiger partial charge in [-0.15, -0.1) is 22.7 Å². The van der Waals surface area contributed by atoms with Crippen molar-refractivity contribution < 1.29 is 47.0 Å². The number of amides is 4. The maximum Gasteiger partial charge on any atom is 0.412 e. The highest BCUT2D eigenvalue weighted by atomic mass is 32.1. The molecular formula is C62H76N8O10S2. The molecule has 4 aromatic heterocycles. The van der Waals surface area contributed by atoms with Gasteiger partial charge >= 0.3 is 24.4 Å². The lowest BCUT2D eigenvalue weighted by molar-refractivity contribution is 0.191. The van der Waals surface area contributed by atoms with E-state index in [9.17, 15) is 19.2 Å². The minimum atomic E-state index is -0.403. The molecule has 12 rings (SSSR count). The molecule has 0 saturated heterocycles. The van der Waals surface area contributed by atoms with E-state index in [1.54, 1.807) is 72.9 Å². The average molecular weight is 1160 g/mol. The molecule has 0 bridgehead atoms. The Kier molecular flexibility index (Phi) is 21.4. The maximum absolute atomic E-state index is 11.9. The highest BCUT2D eigenvalue weighted by molar-refractivity contribution is 7.18. The molecule has 4 N–H and O–H groups in total. The number of thiazole rings is 2. The van der Waals surface area contributed by atoms with Gasteiger partial charge in [0.25, 0.3) is 0 Å². The fraction of sp³-hybridized carbons (Fsp3) is 0.484. The number of ether oxygens (including phenoxy) is 4. The van der Waals surface area contributed by atoms with Crippen LogP contribution in [0, 0.1) is 39.5 Å². The zero-order valence-electron chi connectivity index (χ0n) is 47.5. The van der Waals surface area contributed by atoms with Gasteiger partial charge in [0, 0.05) is 63.3 Å². The van der Waals surface area contributed by atoms with Crippen LogP contribution in [0.5, 0.6) is 23.0 Å². The molecule has 4 aliphatic carbocycles. The summed E-state index contributed by atoms with van der Waals surface area (Å²) in [6.07, 6.45) is 22.5. The molecule has 8 aromatic rings. The molecule has 4 fully saturated rings. The van der Waals surface area contributed by atoms with Crippen LogP contribution in [0.2, 0.25) is 0 Å². The normalized spacial score (nSPS) is 16.1. The first kappa shape index (κ1) is 59.3. The fourth-order valence-corrected chi connectivity index (χ4v) is 12.6. The summed E-state index contributed by atoms with van der Waals surface area (Å²) < 4.78 is 34.3. The molecule has 436 valence electrons. The van der Waals surface area contributed by atoms with Crippen molar-refractivity contribution in [2.24, 2.45) is 11.8 Å². The van der Waals surface area contributed by atoms with Crippen LogP contribution in [-0.4, -0.2) is 69.5 Å². The Morgan fingerprint density at radius 2 is 0.756 bits per heavy atom. The van der Waals surface area contributed by atoms with Gasteiger partial charge in [0.2, 0.25) is 0 Å². The minimum Gasteiger partial charge on any atom is -0.441 e. The summed E-state index contributed by atoms with van der Waals surface area (Å²) >= 11 is 3.28. The van der Waals surface area contributed by atoms with Crippen molar-refractivity contribution in [1.82, 2.24) is 41.2 Å². The van der Waals surface area contributed by atoms with Gasteiger partial charge in [-0.1, -0.05) is 77.0 Å². The third-order valence-corrected chi connectivity index (χ3v) is 17.0. The van der Waals surface area contributed by atoms with Gasteiger partial charge in [-0.2, -0.15) is 0 Å². The van der Waals surface area contributed by atoms with E-state index in [-0.39, 0.29) is 24.3 Å². The van der Waals surface area contributed by atoms with E-state index in [0.717, 1.165) is 62.7 Å². The van der Waals surface area contributed by atoms with Gasteiger partial charge < -0.3 is 49.0 Å². The van der Waals surface area contributed by atoms with Crippen LogP contribution in [0.1, 0.15) is 150 Å². The Hall–Kier alpha value is -7.32. The van der Waals surface area contributed by atoms with E-state index in [2.05, 4.69) is 41.2 Å². The Morgan fingerprint density at radius 1 is 0.427 bits per heavy atom. The third kappa shape index (κ3) is 18.3. The number of hydrogen-bond acceptors (Lipinski definition) is 16. The minimum absolute atomic E-state index is 0.245. The first-order chi connectivity index (χ1) is 39.8.